The largest absolute Gasteiger partial charge is 0.367 e. The van der Waals surface area contributed by atoms with E-state index in [4.69, 9.17) is 0 Å². The van der Waals surface area contributed by atoms with Gasteiger partial charge in [0, 0.05) is 17.6 Å². The van der Waals surface area contributed by atoms with Gasteiger partial charge in [-0.2, -0.15) is 0 Å². The second-order valence-electron chi connectivity index (χ2n) is 3.71. The lowest BCUT2D eigenvalue weighted by atomic mass is 10.2. The Labute approximate surface area is 104 Å². The van der Waals surface area contributed by atoms with Crippen molar-refractivity contribution in [3.05, 3.63) is 28.2 Å². The van der Waals surface area contributed by atoms with Gasteiger partial charge in [0.1, 0.15) is 5.69 Å². The summed E-state index contributed by atoms with van der Waals surface area (Å²) in [6, 6.07) is 2.60. The van der Waals surface area contributed by atoms with Gasteiger partial charge >= 0.3 is 0 Å². The molecule has 1 aromatic rings. The average molecular weight is 292 g/mol. The van der Waals surface area contributed by atoms with E-state index in [0.717, 1.165) is 12.8 Å². The minimum Gasteiger partial charge on any atom is -0.367 e. The number of nitrogens with zero attached hydrogens (tertiary/aromatic N) is 1. The number of benzene rings is 1. The van der Waals surface area contributed by atoms with Crippen molar-refractivity contribution < 1.29 is 8.78 Å². The predicted molar refractivity (Wildman–Crippen MR) is 66.9 cm³/mol. The maximum atomic E-state index is 13.7. The first-order valence-corrected chi connectivity index (χ1v) is 6.28. The van der Waals surface area contributed by atoms with Crippen molar-refractivity contribution in [3.63, 3.8) is 0 Å². The molecule has 0 aliphatic rings. The van der Waals surface area contributed by atoms with E-state index in [1.165, 1.54) is 12.1 Å². The van der Waals surface area contributed by atoms with E-state index >= 15 is 0 Å². The summed E-state index contributed by atoms with van der Waals surface area (Å²) in [5.41, 5.74) is 0.0897. The third-order valence-corrected chi connectivity index (χ3v) is 2.74. The first-order chi connectivity index (χ1) is 7.60. The third-order valence-electron chi connectivity index (χ3n) is 2.28. The summed E-state index contributed by atoms with van der Waals surface area (Å²) in [7, 11) is 0. The fraction of sp³-hybridized carbons (Fsp3) is 0.500. The van der Waals surface area contributed by atoms with Crippen LogP contribution in [0.25, 0.3) is 0 Å². The maximum absolute atomic E-state index is 13.7. The zero-order chi connectivity index (χ0) is 12.1. The van der Waals surface area contributed by atoms with Gasteiger partial charge in [-0.25, -0.2) is 8.78 Å². The van der Waals surface area contributed by atoms with Gasteiger partial charge in [-0.15, -0.1) is 0 Å². The van der Waals surface area contributed by atoms with Crippen LogP contribution in [0.1, 0.15) is 26.7 Å². The normalized spacial score (nSPS) is 10.6. The van der Waals surface area contributed by atoms with Crippen molar-refractivity contribution in [2.45, 2.75) is 26.7 Å². The molecule has 0 bridgehead atoms. The predicted octanol–water partition coefficient (Wildman–Crippen LogP) is 4.35. The van der Waals surface area contributed by atoms with E-state index in [9.17, 15) is 8.78 Å². The fourth-order valence-corrected chi connectivity index (χ4v) is 2.11. The maximum Gasteiger partial charge on any atom is 0.150 e. The number of hydrogen-bond acceptors (Lipinski definition) is 1. The first kappa shape index (κ1) is 13.4. The molecule has 0 atom stereocenters. The van der Waals surface area contributed by atoms with Crippen molar-refractivity contribution in [1.29, 1.82) is 0 Å². The summed E-state index contributed by atoms with van der Waals surface area (Å²) >= 11 is 3.08. The second kappa shape index (κ2) is 6.18. The van der Waals surface area contributed by atoms with Crippen LogP contribution in [0.2, 0.25) is 0 Å². The first-order valence-electron chi connectivity index (χ1n) is 5.49. The van der Waals surface area contributed by atoms with Crippen molar-refractivity contribution in [3.8, 4) is 0 Å². The highest BCUT2D eigenvalue weighted by Crippen LogP contribution is 2.27. The molecule has 90 valence electrons. The topological polar surface area (TPSA) is 3.24 Å². The van der Waals surface area contributed by atoms with Gasteiger partial charge < -0.3 is 4.90 Å². The van der Waals surface area contributed by atoms with Gasteiger partial charge in [0.15, 0.2) is 11.6 Å². The Balaban J connectivity index is 3.07. The van der Waals surface area contributed by atoms with Gasteiger partial charge in [0.25, 0.3) is 0 Å². The molecule has 0 aliphatic carbocycles. The van der Waals surface area contributed by atoms with E-state index in [1.807, 2.05) is 13.8 Å². The standard InChI is InChI=1S/C12H16BrF2N/c1-3-5-16(6-4-2)12-10(14)7-9(13)8-11(12)15/h7-8H,3-6H2,1-2H3. The zero-order valence-corrected chi connectivity index (χ0v) is 11.2. The average Bonchev–Trinajstić information content (AvgIpc) is 2.16. The molecule has 16 heavy (non-hydrogen) atoms. The Kier molecular flexibility index (Phi) is 5.19. The van der Waals surface area contributed by atoms with Gasteiger partial charge in [0.2, 0.25) is 0 Å². The highest BCUT2D eigenvalue weighted by atomic mass is 79.9. The highest BCUT2D eigenvalue weighted by molar-refractivity contribution is 9.10. The molecule has 0 heterocycles. The monoisotopic (exact) mass is 291 g/mol. The van der Waals surface area contributed by atoms with Crippen LogP contribution in [-0.4, -0.2) is 13.1 Å². The third kappa shape index (κ3) is 3.17. The van der Waals surface area contributed by atoms with Crippen LogP contribution in [0.4, 0.5) is 14.5 Å². The summed E-state index contributed by atoms with van der Waals surface area (Å²) in [5.74, 6) is -1.01. The quantitative estimate of drug-likeness (QED) is 0.779. The molecular weight excluding hydrogens is 276 g/mol. The van der Waals surface area contributed by atoms with Crippen LogP contribution in [-0.2, 0) is 0 Å². The summed E-state index contributed by atoms with van der Waals surface area (Å²) in [5, 5.41) is 0. The molecule has 0 radical (unpaired) electrons. The van der Waals surface area contributed by atoms with Crippen molar-refractivity contribution in [1.82, 2.24) is 0 Å². The van der Waals surface area contributed by atoms with E-state index < -0.39 is 11.6 Å². The van der Waals surface area contributed by atoms with Gasteiger partial charge in [-0.1, -0.05) is 29.8 Å². The Bertz CT molecular complexity index is 326. The molecule has 0 unspecified atom stereocenters. The lowest BCUT2D eigenvalue weighted by Crippen LogP contribution is -2.27. The fourth-order valence-electron chi connectivity index (χ4n) is 1.71. The minimum atomic E-state index is -0.506. The molecule has 0 spiro atoms. The Morgan fingerprint density at radius 2 is 1.50 bits per heavy atom. The molecular formula is C12H16BrF2N. The van der Waals surface area contributed by atoms with E-state index in [1.54, 1.807) is 4.90 Å². The molecule has 0 saturated carbocycles. The van der Waals surface area contributed by atoms with Crippen LogP contribution in [0.5, 0.6) is 0 Å². The molecule has 0 aromatic heterocycles. The number of halogens is 3. The number of rotatable bonds is 5. The van der Waals surface area contributed by atoms with Crippen LogP contribution in [0, 0.1) is 11.6 Å². The van der Waals surface area contributed by atoms with Gasteiger partial charge in [-0.05, 0) is 25.0 Å². The number of anilines is 1. The van der Waals surface area contributed by atoms with Gasteiger partial charge in [-0.3, -0.25) is 0 Å². The smallest absolute Gasteiger partial charge is 0.150 e. The van der Waals surface area contributed by atoms with E-state index in [-0.39, 0.29) is 5.69 Å². The van der Waals surface area contributed by atoms with Crippen molar-refractivity contribution in [2.24, 2.45) is 0 Å². The summed E-state index contributed by atoms with van der Waals surface area (Å²) in [4.78, 5) is 1.76. The zero-order valence-electron chi connectivity index (χ0n) is 9.56. The molecule has 4 heteroatoms. The number of hydrogen-bond donors (Lipinski definition) is 0. The van der Waals surface area contributed by atoms with Crippen molar-refractivity contribution in [2.75, 3.05) is 18.0 Å². The van der Waals surface area contributed by atoms with E-state index in [2.05, 4.69) is 15.9 Å². The molecule has 0 aliphatic heterocycles. The second-order valence-corrected chi connectivity index (χ2v) is 4.62. The van der Waals surface area contributed by atoms with Crippen LogP contribution >= 0.6 is 15.9 Å². The molecule has 0 saturated heterocycles. The van der Waals surface area contributed by atoms with Crippen LogP contribution < -0.4 is 4.90 Å². The molecule has 1 aromatic carbocycles. The molecule has 0 fully saturated rings. The van der Waals surface area contributed by atoms with Crippen molar-refractivity contribution >= 4 is 21.6 Å². The summed E-state index contributed by atoms with van der Waals surface area (Å²) < 4.78 is 27.8. The molecule has 0 amide bonds. The summed E-state index contributed by atoms with van der Waals surface area (Å²) in [6.45, 7) is 5.33. The molecule has 1 nitrogen and oxygen atoms in total. The lowest BCUT2D eigenvalue weighted by Gasteiger charge is -2.24. The molecule has 1 rings (SSSR count). The van der Waals surface area contributed by atoms with E-state index in [0.29, 0.717) is 17.6 Å². The Morgan fingerprint density at radius 3 is 1.88 bits per heavy atom. The Morgan fingerprint density at radius 1 is 1.06 bits per heavy atom. The van der Waals surface area contributed by atoms with Gasteiger partial charge in [0.05, 0.1) is 0 Å². The van der Waals surface area contributed by atoms with Crippen LogP contribution in [0.3, 0.4) is 0 Å². The van der Waals surface area contributed by atoms with Crippen LogP contribution in [0.15, 0.2) is 16.6 Å². The molecule has 0 N–H and O–H groups in total. The highest BCUT2D eigenvalue weighted by Gasteiger charge is 2.16. The lowest BCUT2D eigenvalue weighted by molar-refractivity contribution is 0.566. The minimum absolute atomic E-state index is 0.0897. The Hall–Kier alpha value is -0.640. The SMILES string of the molecule is CCCN(CCC)c1c(F)cc(Br)cc1F. The summed E-state index contributed by atoms with van der Waals surface area (Å²) in [6.07, 6.45) is 1.74.